The first kappa shape index (κ1) is 14.6. The zero-order valence-corrected chi connectivity index (χ0v) is 11.9. The maximum atomic E-state index is 10.8. The predicted octanol–water partition coefficient (Wildman–Crippen LogP) is 3.88. The van der Waals surface area contributed by atoms with Crippen molar-refractivity contribution in [3.8, 4) is 5.75 Å². The first-order valence-corrected chi connectivity index (χ1v) is 6.55. The topological polar surface area (TPSA) is 35.5 Å². The van der Waals surface area contributed by atoms with Crippen LogP contribution in [-0.4, -0.2) is 13.4 Å². The van der Waals surface area contributed by atoms with E-state index in [-0.39, 0.29) is 0 Å². The molecule has 2 rings (SSSR count). The second-order valence-corrected chi connectivity index (χ2v) is 4.74. The molecule has 0 heterocycles. The molecule has 104 valence electrons. The summed E-state index contributed by atoms with van der Waals surface area (Å²) < 4.78 is 10.9. The number of halogens is 1. The molecule has 4 heteroatoms. The van der Waals surface area contributed by atoms with E-state index in [0.717, 1.165) is 17.4 Å². The van der Waals surface area contributed by atoms with E-state index in [9.17, 15) is 4.79 Å². The van der Waals surface area contributed by atoms with Crippen LogP contribution in [-0.2, 0) is 18.0 Å². The van der Waals surface area contributed by atoms with Crippen molar-refractivity contribution in [3.05, 3.63) is 64.2 Å². The quantitative estimate of drug-likeness (QED) is 0.758. The molecule has 0 radical (unpaired) electrons. The molecule has 2 aromatic rings. The molecule has 0 aliphatic heterocycles. The second-order valence-electron chi connectivity index (χ2n) is 4.31. The van der Waals surface area contributed by atoms with Crippen molar-refractivity contribution < 1.29 is 14.3 Å². The van der Waals surface area contributed by atoms with Gasteiger partial charge in [0, 0.05) is 16.1 Å². The van der Waals surface area contributed by atoms with Gasteiger partial charge in [0.2, 0.25) is 0 Å². The van der Waals surface area contributed by atoms with Crippen molar-refractivity contribution in [2.45, 2.75) is 13.2 Å². The summed E-state index contributed by atoms with van der Waals surface area (Å²) in [5.74, 6) is 0.715. The number of benzene rings is 2. The molecular formula is C16H15ClO3. The standard InChI is InChI=1S/C16H15ClO3/c1-19-16-7-4-13(9-18)8-14(16)11-20-10-12-2-5-15(17)6-3-12/h2-9H,10-11H2,1H3. The zero-order valence-electron chi connectivity index (χ0n) is 11.1. The average molecular weight is 291 g/mol. The van der Waals surface area contributed by atoms with Crippen LogP contribution in [0.3, 0.4) is 0 Å². The van der Waals surface area contributed by atoms with Gasteiger partial charge in [-0.05, 0) is 35.9 Å². The van der Waals surface area contributed by atoms with Crippen molar-refractivity contribution in [1.29, 1.82) is 0 Å². The molecule has 0 saturated carbocycles. The molecule has 0 amide bonds. The van der Waals surface area contributed by atoms with Crippen molar-refractivity contribution in [3.63, 3.8) is 0 Å². The van der Waals surface area contributed by atoms with Crippen LogP contribution in [0, 0.1) is 0 Å². The van der Waals surface area contributed by atoms with E-state index in [2.05, 4.69) is 0 Å². The van der Waals surface area contributed by atoms with Gasteiger partial charge in [0.25, 0.3) is 0 Å². The van der Waals surface area contributed by atoms with E-state index in [0.29, 0.717) is 29.5 Å². The summed E-state index contributed by atoms with van der Waals surface area (Å²) in [6.07, 6.45) is 0.808. The predicted molar refractivity (Wildman–Crippen MR) is 78.3 cm³/mol. The molecular weight excluding hydrogens is 276 g/mol. The highest BCUT2D eigenvalue weighted by Crippen LogP contribution is 2.21. The van der Waals surface area contributed by atoms with E-state index in [4.69, 9.17) is 21.1 Å². The Kier molecular flexibility index (Phi) is 5.16. The van der Waals surface area contributed by atoms with Gasteiger partial charge in [-0.1, -0.05) is 23.7 Å². The zero-order chi connectivity index (χ0) is 14.4. The molecule has 0 aliphatic rings. The molecule has 20 heavy (non-hydrogen) atoms. The summed E-state index contributed by atoms with van der Waals surface area (Å²) in [6, 6.07) is 12.7. The lowest BCUT2D eigenvalue weighted by Crippen LogP contribution is -1.98. The number of rotatable bonds is 6. The fraction of sp³-hybridized carbons (Fsp3) is 0.188. The van der Waals surface area contributed by atoms with Crippen LogP contribution in [0.15, 0.2) is 42.5 Å². The largest absolute Gasteiger partial charge is 0.496 e. The van der Waals surface area contributed by atoms with Gasteiger partial charge in [-0.15, -0.1) is 0 Å². The minimum absolute atomic E-state index is 0.382. The third-order valence-corrected chi connectivity index (χ3v) is 3.13. The molecule has 0 bridgehead atoms. The maximum absolute atomic E-state index is 10.8. The summed E-state index contributed by atoms with van der Waals surface area (Å²) in [4.78, 5) is 10.8. The smallest absolute Gasteiger partial charge is 0.150 e. The van der Waals surface area contributed by atoms with E-state index >= 15 is 0 Å². The fourth-order valence-corrected chi connectivity index (χ4v) is 1.97. The van der Waals surface area contributed by atoms with Crippen LogP contribution in [0.2, 0.25) is 5.02 Å². The molecule has 0 N–H and O–H groups in total. The van der Waals surface area contributed by atoms with Crippen molar-refractivity contribution in [2.75, 3.05) is 7.11 Å². The Hall–Kier alpha value is -1.84. The molecule has 0 atom stereocenters. The highest BCUT2D eigenvalue weighted by molar-refractivity contribution is 6.30. The van der Waals surface area contributed by atoms with Crippen molar-refractivity contribution >= 4 is 17.9 Å². The Labute approximate surface area is 123 Å². The Morgan fingerprint density at radius 3 is 2.50 bits per heavy atom. The van der Waals surface area contributed by atoms with Gasteiger partial charge in [0.05, 0.1) is 20.3 Å². The first-order chi connectivity index (χ1) is 9.72. The third-order valence-electron chi connectivity index (χ3n) is 2.88. The Morgan fingerprint density at radius 2 is 1.85 bits per heavy atom. The summed E-state index contributed by atoms with van der Waals surface area (Å²) in [5, 5.41) is 0.703. The van der Waals surface area contributed by atoms with Gasteiger partial charge in [0.1, 0.15) is 12.0 Å². The van der Waals surface area contributed by atoms with Gasteiger partial charge < -0.3 is 9.47 Å². The van der Waals surface area contributed by atoms with E-state index in [1.165, 1.54) is 0 Å². The Balaban J connectivity index is 1.99. The fourth-order valence-electron chi connectivity index (χ4n) is 1.84. The summed E-state index contributed by atoms with van der Waals surface area (Å²) in [7, 11) is 1.60. The summed E-state index contributed by atoms with van der Waals surface area (Å²) in [5.41, 5.74) is 2.50. The molecule has 0 unspecified atom stereocenters. The van der Waals surface area contributed by atoms with Gasteiger partial charge in [-0.25, -0.2) is 0 Å². The number of hydrogen-bond donors (Lipinski definition) is 0. The van der Waals surface area contributed by atoms with E-state index < -0.39 is 0 Å². The maximum Gasteiger partial charge on any atom is 0.150 e. The number of ether oxygens (including phenoxy) is 2. The molecule has 0 spiro atoms. The van der Waals surface area contributed by atoms with Crippen LogP contribution < -0.4 is 4.74 Å². The molecule has 0 saturated heterocycles. The molecule has 3 nitrogen and oxygen atoms in total. The van der Waals surface area contributed by atoms with Crippen LogP contribution in [0.1, 0.15) is 21.5 Å². The highest BCUT2D eigenvalue weighted by Gasteiger charge is 2.05. The minimum atomic E-state index is 0.382. The molecule has 0 aromatic heterocycles. The highest BCUT2D eigenvalue weighted by atomic mass is 35.5. The van der Waals surface area contributed by atoms with E-state index in [1.54, 1.807) is 25.3 Å². The lowest BCUT2D eigenvalue weighted by Gasteiger charge is -2.10. The van der Waals surface area contributed by atoms with Crippen molar-refractivity contribution in [1.82, 2.24) is 0 Å². The van der Waals surface area contributed by atoms with E-state index in [1.807, 2.05) is 24.3 Å². The monoisotopic (exact) mass is 290 g/mol. The van der Waals surface area contributed by atoms with Gasteiger partial charge in [-0.2, -0.15) is 0 Å². The molecule has 0 fully saturated rings. The molecule has 0 aliphatic carbocycles. The summed E-state index contributed by atoms with van der Waals surface area (Å²) in [6.45, 7) is 0.860. The SMILES string of the molecule is COc1ccc(C=O)cc1COCc1ccc(Cl)cc1. The minimum Gasteiger partial charge on any atom is -0.496 e. The second kappa shape index (κ2) is 7.08. The first-order valence-electron chi connectivity index (χ1n) is 6.17. The van der Waals surface area contributed by atoms with Crippen molar-refractivity contribution in [2.24, 2.45) is 0 Å². The van der Waals surface area contributed by atoms with Crippen LogP contribution in [0.4, 0.5) is 0 Å². The number of carbonyl (C=O) groups is 1. The Bertz CT molecular complexity index is 579. The lowest BCUT2D eigenvalue weighted by atomic mass is 10.1. The third kappa shape index (κ3) is 3.83. The average Bonchev–Trinajstić information content (AvgIpc) is 2.49. The number of carbonyl (C=O) groups excluding carboxylic acids is 1. The number of hydrogen-bond acceptors (Lipinski definition) is 3. The number of methoxy groups -OCH3 is 1. The number of aldehydes is 1. The van der Waals surface area contributed by atoms with Gasteiger partial charge >= 0.3 is 0 Å². The van der Waals surface area contributed by atoms with Gasteiger partial charge in [0.15, 0.2) is 0 Å². The van der Waals surface area contributed by atoms with Crippen LogP contribution in [0.5, 0.6) is 5.75 Å². The lowest BCUT2D eigenvalue weighted by molar-refractivity contribution is 0.105. The van der Waals surface area contributed by atoms with Crippen LogP contribution in [0.25, 0.3) is 0 Å². The summed E-state index contributed by atoms with van der Waals surface area (Å²) >= 11 is 5.82. The normalized spacial score (nSPS) is 10.3. The Morgan fingerprint density at radius 1 is 1.10 bits per heavy atom. The van der Waals surface area contributed by atoms with Gasteiger partial charge in [-0.3, -0.25) is 4.79 Å². The van der Waals surface area contributed by atoms with Crippen LogP contribution >= 0.6 is 11.6 Å². The molecule has 2 aromatic carbocycles.